The molecule has 0 saturated heterocycles. The second kappa shape index (κ2) is 10.2. The number of pyridine rings is 2. The van der Waals surface area contributed by atoms with Gasteiger partial charge in [0.15, 0.2) is 0 Å². The summed E-state index contributed by atoms with van der Waals surface area (Å²) in [5.74, 6) is 0. The van der Waals surface area contributed by atoms with Crippen molar-refractivity contribution in [2.75, 3.05) is 0 Å². The topological polar surface area (TPSA) is 25.8 Å². The highest BCUT2D eigenvalue weighted by molar-refractivity contribution is 7.27. The monoisotopic (exact) mass is 596 g/mol. The lowest BCUT2D eigenvalue weighted by Crippen LogP contribution is -1.87. The van der Waals surface area contributed by atoms with Crippen LogP contribution in [0, 0.1) is 0 Å². The van der Waals surface area contributed by atoms with Gasteiger partial charge in [0.1, 0.15) is 0 Å². The number of rotatable bonds is 4. The molecular weight excluding hydrogens is 573 g/mol. The second-order valence-electron chi connectivity index (χ2n) is 11.0. The molecule has 0 spiro atoms. The van der Waals surface area contributed by atoms with Crippen LogP contribution < -0.4 is 0 Å². The fourth-order valence-corrected chi connectivity index (χ4v) is 9.01. The summed E-state index contributed by atoms with van der Waals surface area (Å²) >= 11 is 3.80. The van der Waals surface area contributed by atoms with E-state index in [1.807, 2.05) is 53.5 Å². The number of hydrogen-bond donors (Lipinski definition) is 0. The average molecular weight is 597 g/mol. The highest BCUT2D eigenvalue weighted by Gasteiger charge is 2.17. The van der Waals surface area contributed by atoms with Crippen molar-refractivity contribution in [1.29, 1.82) is 0 Å². The van der Waals surface area contributed by atoms with Crippen LogP contribution in [0.5, 0.6) is 0 Å². The predicted molar refractivity (Wildman–Crippen MR) is 190 cm³/mol. The SMILES string of the molecule is c1cncc(-c2cc(-c3ccncc3)cc(-c3cccc4c3sc3c(-c5cccc6c5sc5ccccc56)cccc34)c2)c1. The smallest absolute Gasteiger partial charge is 0.0434 e. The van der Waals surface area contributed by atoms with Crippen LogP contribution in [0.3, 0.4) is 0 Å². The number of aromatic nitrogens is 2. The van der Waals surface area contributed by atoms with E-state index in [0.717, 1.165) is 16.7 Å². The van der Waals surface area contributed by atoms with Crippen LogP contribution in [-0.4, -0.2) is 9.97 Å². The third-order valence-electron chi connectivity index (χ3n) is 8.47. The lowest BCUT2D eigenvalue weighted by Gasteiger charge is -2.11. The molecule has 0 amide bonds. The quantitative estimate of drug-likeness (QED) is 0.202. The molecule has 9 rings (SSSR count). The molecule has 44 heavy (non-hydrogen) atoms. The number of fused-ring (bicyclic) bond motifs is 6. The minimum absolute atomic E-state index is 1.10. The van der Waals surface area contributed by atoms with Crippen molar-refractivity contribution in [2.45, 2.75) is 0 Å². The molecule has 0 atom stereocenters. The summed E-state index contributed by atoms with van der Waals surface area (Å²) in [7, 11) is 0. The molecule has 5 aromatic carbocycles. The van der Waals surface area contributed by atoms with E-state index in [4.69, 9.17) is 0 Å². The Balaban J connectivity index is 1.29. The summed E-state index contributed by atoms with van der Waals surface area (Å²) in [4.78, 5) is 8.67. The molecule has 0 aliphatic carbocycles. The standard InChI is InChI=1S/C40H24N2S2/c1-2-15-37-31(8-1)32-10-4-12-34(39(32)43-37)36-14-5-13-35-33-11-3-9-30(38(33)44-40(35)36)29-22-27(25-16-19-41-20-17-25)21-28(23-29)26-7-6-18-42-24-26/h1-24H. The van der Waals surface area contributed by atoms with Crippen molar-refractivity contribution in [1.82, 2.24) is 9.97 Å². The minimum atomic E-state index is 1.10. The van der Waals surface area contributed by atoms with E-state index in [1.165, 1.54) is 68.2 Å². The Labute approximate surface area is 262 Å². The van der Waals surface area contributed by atoms with E-state index in [0.29, 0.717) is 0 Å². The van der Waals surface area contributed by atoms with Crippen LogP contribution >= 0.6 is 22.7 Å². The highest BCUT2D eigenvalue weighted by Crippen LogP contribution is 2.47. The molecule has 0 aliphatic heterocycles. The van der Waals surface area contributed by atoms with Crippen LogP contribution in [0.2, 0.25) is 0 Å². The highest BCUT2D eigenvalue weighted by atomic mass is 32.1. The van der Waals surface area contributed by atoms with Crippen LogP contribution in [0.4, 0.5) is 0 Å². The van der Waals surface area contributed by atoms with E-state index in [1.54, 1.807) is 0 Å². The van der Waals surface area contributed by atoms with Gasteiger partial charge in [-0.1, -0.05) is 78.9 Å². The van der Waals surface area contributed by atoms with Crippen LogP contribution in [0.15, 0.2) is 146 Å². The molecular formula is C40H24N2S2. The largest absolute Gasteiger partial charge is 0.265 e. The van der Waals surface area contributed by atoms with Crippen molar-refractivity contribution in [3.05, 3.63) is 146 Å². The first-order valence-corrected chi connectivity index (χ1v) is 16.3. The average Bonchev–Trinajstić information content (AvgIpc) is 3.68. The van der Waals surface area contributed by atoms with Crippen LogP contribution in [-0.2, 0) is 0 Å². The summed E-state index contributed by atoms with van der Waals surface area (Å²) < 4.78 is 5.32. The maximum Gasteiger partial charge on any atom is 0.0434 e. The van der Waals surface area contributed by atoms with E-state index < -0.39 is 0 Å². The van der Waals surface area contributed by atoms with Crippen molar-refractivity contribution in [2.24, 2.45) is 0 Å². The Kier molecular flexibility index (Phi) is 5.90. The Morgan fingerprint density at radius 1 is 0.364 bits per heavy atom. The molecule has 4 heteroatoms. The van der Waals surface area contributed by atoms with Gasteiger partial charge in [-0.05, 0) is 70.3 Å². The maximum atomic E-state index is 4.41. The fraction of sp³-hybridized carbons (Fsp3) is 0. The second-order valence-corrected chi connectivity index (χ2v) is 13.1. The molecule has 206 valence electrons. The zero-order chi connectivity index (χ0) is 29.0. The van der Waals surface area contributed by atoms with Crippen LogP contribution in [0.1, 0.15) is 0 Å². The van der Waals surface area contributed by atoms with Gasteiger partial charge in [0.25, 0.3) is 0 Å². The van der Waals surface area contributed by atoms with Gasteiger partial charge >= 0.3 is 0 Å². The first-order valence-electron chi connectivity index (χ1n) is 14.6. The third-order valence-corrected chi connectivity index (χ3v) is 11.0. The van der Waals surface area contributed by atoms with Crippen molar-refractivity contribution in [3.8, 4) is 44.5 Å². The first kappa shape index (κ1) is 25.3. The predicted octanol–water partition coefficient (Wildman–Crippen LogP) is 11.9. The van der Waals surface area contributed by atoms with Crippen molar-refractivity contribution >= 4 is 63.0 Å². The third kappa shape index (κ3) is 4.07. The molecule has 0 unspecified atom stereocenters. The molecule has 0 aliphatic rings. The number of nitrogens with zero attached hydrogens (tertiary/aromatic N) is 2. The summed E-state index contributed by atoms with van der Waals surface area (Å²) in [5.41, 5.74) is 9.62. The van der Waals surface area contributed by atoms with Gasteiger partial charge in [0.05, 0.1) is 0 Å². The van der Waals surface area contributed by atoms with Gasteiger partial charge in [-0.2, -0.15) is 0 Å². The number of hydrogen-bond acceptors (Lipinski definition) is 4. The van der Waals surface area contributed by atoms with Gasteiger partial charge < -0.3 is 0 Å². The summed E-state index contributed by atoms with van der Waals surface area (Å²) in [6.45, 7) is 0. The molecule has 0 radical (unpaired) electrons. The van der Waals surface area contributed by atoms with Crippen LogP contribution in [0.25, 0.3) is 84.9 Å². The van der Waals surface area contributed by atoms with E-state index in [-0.39, 0.29) is 0 Å². The van der Waals surface area contributed by atoms with E-state index in [2.05, 4.69) is 125 Å². The molecule has 9 aromatic rings. The lowest BCUT2D eigenvalue weighted by atomic mass is 9.93. The molecule has 2 nitrogen and oxygen atoms in total. The summed E-state index contributed by atoms with van der Waals surface area (Å²) in [6.07, 6.45) is 7.48. The maximum absolute atomic E-state index is 4.41. The Bertz CT molecular complexity index is 2430. The molecule has 0 fully saturated rings. The Morgan fingerprint density at radius 3 is 1.68 bits per heavy atom. The minimum Gasteiger partial charge on any atom is -0.265 e. The zero-order valence-corrected chi connectivity index (χ0v) is 25.2. The molecule has 0 N–H and O–H groups in total. The summed E-state index contributed by atoms with van der Waals surface area (Å²) in [6, 6.07) is 44.2. The van der Waals surface area contributed by atoms with Gasteiger partial charge in [-0.25, -0.2) is 0 Å². The van der Waals surface area contributed by atoms with Gasteiger partial charge in [0, 0.05) is 81.8 Å². The molecule has 4 heterocycles. The molecule has 0 bridgehead atoms. The lowest BCUT2D eigenvalue weighted by molar-refractivity contribution is 1.32. The van der Waals surface area contributed by atoms with E-state index >= 15 is 0 Å². The zero-order valence-electron chi connectivity index (χ0n) is 23.6. The van der Waals surface area contributed by atoms with Crippen molar-refractivity contribution < 1.29 is 0 Å². The van der Waals surface area contributed by atoms with Crippen molar-refractivity contribution in [3.63, 3.8) is 0 Å². The van der Waals surface area contributed by atoms with Gasteiger partial charge in [-0.3, -0.25) is 9.97 Å². The van der Waals surface area contributed by atoms with E-state index in [9.17, 15) is 0 Å². The molecule has 4 aromatic heterocycles. The number of thiophene rings is 2. The molecule has 0 saturated carbocycles. The Morgan fingerprint density at radius 2 is 0.955 bits per heavy atom. The van der Waals surface area contributed by atoms with Gasteiger partial charge in [0.2, 0.25) is 0 Å². The number of benzene rings is 5. The summed E-state index contributed by atoms with van der Waals surface area (Å²) in [5, 5.41) is 5.27. The normalized spacial score (nSPS) is 11.6. The Hall–Kier alpha value is -5.16. The fourth-order valence-electron chi connectivity index (χ4n) is 6.41. The van der Waals surface area contributed by atoms with Gasteiger partial charge in [-0.15, -0.1) is 22.7 Å². The first-order chi connectivity index (χ1) is 21.8.